The monoisotopic (exact) mass is 1250 g/mol. The minimum absolute atomic E-state index is 0.112. The molecule has 0 aromatic heterocycles. The van der Waals surface area contributed by atoms with Crippen LogP contribution in [0.4, 0.5) is 13.2 Å². The summed E-state index contributed by atoms with van der Waals surface area (Å²) < 4.78 is 67.7. The molecule has 0 saturated heterocycles. The van der Waals surface area contributed by atoms with Gasteiger partial charge in [0.2, 0.25) is 0 Å². The Labute approximate surface area is 414 Å². The zero-order valence-electron chi connectivity index (χ0n) is 38.3. The molecule has 0 atom stereocenters. The van der Waals surface area contributed by atoms with Crippen LogP contribution in [0.2, 0.25) is 10.5 Å². The van der Waals surface area contributed by atoms with E-state index in [0.29, 0.717) is 10.5 Å². The van der Waals surface area contributed by atoms with Crippen molar-refractivity contribution in [3.05, 3.63) is 272 Å². The molecule has 9 aromatic rings. The van der Waals surface area contributed by atoms with E-state index in [0.717, 1.165) is 26.4 Å². The molecular formula is C60H50BiF3Ge2O4. The molecule has 0 unspecified atom stereocenters. The molecule has 0 heterocycles. The fourth-order valence-corrected chi connectivity index (χ4v) is 47.9. The zero-order chi connectivity index (χ0) is 48.5. The molecule has 0 amide bonds. The summed E-state index contributed by atoms with van der Waals surface area (Å²) in [7, 11) is 0. The van der Waals surface area contributed by atoms with Crippen molar-refractivity contribution in [3.8, 4) is 0 Å². The Morgan fingerprint density at radius 3 is 0.714 bits per heavy atom. The second kappa shape index (κ2) is 21.4. The van der Waals surface area contributed by atoms with Crippen LogP contribution in [-0.4, -0.2) is 58.1 Å². The molecule has 0 aliphatic rings. The van der Waals surface area contributed by atoms with Gasteiger partial charge in [0.05, 0.1) is 0 Å². The number of benzene rings is 9. The molecule has 0 saturated carbocycles. The molecule has 0 aliphatic carbocycles. The molecule has 0 N–H and O–H groups in total. The van der Waals surface area contributed by atoms with Crippen LogP contribution < -0.4 is 36.2 Å². The summed E-state index contributed by atoms with van der Waals surface area (Å²) in [6, 6.07) is 77.8. The van der Waals surface area contributed by atoms with Gasteiger partial charge in [0.25, 0.3) is 0 Å². The first-order valence-corrected chi connectivity index (χ1v) is 40.6. The average molecular weight is 1250 g/mol. The summed E-state index contributed by atoms with van der Waals surface area (Å²) in [5.41, 5.74) is 0. The standard InChI is InChI=1S/2C21H20GeO2.3C6H4F.Bi/c2*23-21(24)16-17-22(18-10-4-1-5-11-18,19-12-6-2-7-13-19)20-14-8-3-9-15-20;3*7-6-4-2-1-3-5-6;/h2*1-15H,16-17H2,(H,23,24);3*2-5H;/q;;;;;+2/p-2. The number of halogens is 3. The second-order valence-electron chi connectivity index (χ2n) is 17.3. The summed E-state index contributed by atoms with van der Waals surface area (Å²) in [5.74, 6) is -3.06. The van der Waals surface area contributed by atoms with Crippen molar-refractivity contribution in [1.82, 2.24) is 0 Å². The summed E-state index contributed by atoms with van der Waals surface area (Å²) in [6.07, 6.45) is -0.224. The van der Waals surface area contributed by atoms with Gasteiger partial charge in [0.1, 0.15) is 0 Å². The van der Waals surface area contributed by atoms with Crippen molar-refractivity contribution in [1.29, 1.82) is 0 Å². The van der Waals surface area contributed by atoms with E-state index >= 15 is 22.8 Å². The van der Waals surface area contributed by atoms with Gasteiger partial charge in [-0.25, -0.2) is 0 Å². The molecule has 9 aromatic carbocycles. The Morgan fingerprint density at radius 2 is 0.514 bits per heavy atom. The second-order valence-corrected chi connectivity index (χ2v) is 49.2. The van der Waals surface area contributed by atoms with Crippen molar-refractivity contribution in [2.24, 2.45) is 0 Å². The van der Waals surface area contributed by atoms with E-state index in [4.69, 9.17) is 5.63 Å². The van der Waals surface area contributed by atoms with Crippen molar-refractivity contribution < 1.29 is 28.4 Å². The summed E-state index contributed by atoms with van der Waals surface area (Å²) in [4.78, 5) is 31.3. The SMILES string of the molecule is O=C(C[CH2][Ge]([c]1ccccc1)([c]1ccccc1)[c]1ccccc1)[O][Bi]([O]C(=O)C[CH2][Ge]([c]1ccccc1)([c]1ccccc1)[c]1ccccc1)([c]1ccc(F)cc1)([c]1ccc(F)cc1)[c]1ccc(F)cc1. The van der Waals surface area contributed by atoms with Crippen LogP contribution in [0.25, 0.3) is 0 Å². The fraction of sp³-hybridized carbons (Fsp3) is 0.0667. The van der Waals surface area contributed by atoms with Crippen LogP contribution in [0.1, 0.15) is 12.8 Å². The third kappa shape index (κ3) is 9.37. The molecule has 0 bridgehead atoms. The van der Waals surface area contributed by atoms with E-state index in [1.807, 2.05) is 109 Å². The van der Waals surface area contributed by atoms with E-state index < -0.39 is 75.6 Å². The Balaban J connectivity index is 1.23. The molecule has 0 aliphatic heterocycles. The van der Waals surface area contributed by atoms with Crippen LogP contribution in [-0.2, 0) is 15.2 Å². The van der Waals surface area contributed by atoms with Crippen molar-refractivity contribution in [3.63, 3.8) is 0 Å². The van der Waals surface area contributed by atoms with Crippen molar-refractivity contribution >= 4 is 94.3 Å². The van der Waals surface area contributed by atoms with Crippen molar-refractivity contribution in [2.45, 2.75) is 23.3 Å². The normalized spacial score (nSPS) is 12.3. The molecule has 4 nitrogen and oxygen atoms in total. The van der Waals surface area contributed by atoms with Gasteiger partial charge >= 0.3 is 418 Å². The van der Waals surface area contributed by atoms with Gasteiger partial charge in [-0.2, -0.15) is 0 Å². The van der Waals surface area contributed by atoms with Gasteiger partial charge in [-0.05, 0) is 0 Å². The van der Waals surface area contributed by atoms with Crippen molar-refractivity contribution in [2.75, 3.05) is 0 Å². The van der Waals surface area contributed by atoms with Gasteiger partial charge in [0.15, 0.2) is 0 Å². The molecular weight excluding hydrogens is 1200 g/mol. The predicted molar refractivity (Wildman–Crippen MR) is 283 cm³/mol. The Kier molecular flexibility index (Phi) is 14.9. The Morgan fingerprint density at radius 1 is 0.314 bits per heavy atom. The van der Waals surface area contributed by atoms with E-state index in [9.17, 15) is 0 Å². The third-order valence-electron chi connectivity index (χ3n) is 13.4. The number of hydrogen-bond donors (Lipinski definition) is 0. The van der Waals surface area contributed by atoms with E-state index in [-0.39, 0.29) is 22.7 Å². The zero-order valence-corrected chi connectivity index (χ0v) is 46.0. The number of rotatable bonds is 17. The van der Waals surface area contributed by atoms with Crippen LogP contribution in [0, 0.1) is 17.5 Å². The van der Waals surface area contributed by atoms with Crippen LogP contribution >= 0.6 is 0 Å². The van der Waals surface area contributed by atoms with Gasteiger partial charge in [-0.15, -0.1) is 0 Å². The van der Waals surface area contributed by atoms with Crippen LogP contribution in [0.3, 0.4) is 0 Å². The quantitative estimate of drug-likeness (QED) is 0.0878. The number of hydrogen-bond acceptors (Lipinski definition) is 4. The molecule has 9 rings (SSSR count). The van der Waals surface area contributed by atoms with Gasteiger partial charge in [-0.3, -0.25) is 0 Å². The van der Waals surface area contributed by atoms with Crippen LogP contribution in [0.5, 0.6) is 0 Å². The van der Waals surface area contributed by atoms with Gasteiger partial charge in [-0.1, -0.05) is 0 Å². The molecule has 70 heavy (non-hydrogen) atoms. The Hall–Kier alpha value is -6.32. The molecule has 0 radical (unpaired) electrons. The first-order valence-electron chi connectivity index (χ1n) is 23.3. The maximum absolute atomic E-state index is 15.6. The molecule has 0 spiro atoms. The first kappa shape index (κ1) is 48.7. The van der Waals surface area contributed by atoms with Crippen LogP contribution in [0.15, 0.2) is 255 Å². The van der Waals surface area contributed by atoms with Gasteiger partial charge < -0.3 is 0 Å². The molecule has 348 valence electrons. The topological polar surface area (TPSA) is 52.6 Å². The Bertz CT molecular complexity index is 2700. The summed E-state index contributed by atoms with van der Waals surface area (Å²) >= 11 is -14.7. The fourth-order valence-electron chi connectivity index (χ4n) is 10.2. The summed E-state index contributed by atoms with van der Waals surface area (Å²) in [5, 5.41) is 0.794. The van der Waals surface area contributed by atoms with Gasteiger partial charge in [0, 0.05) is 0 Å². The number of carbonyl (C=O) groups is 2. The first-order chi connectivity index (χ1) is 34.2. The van der Waals surface area contributed by atoms with E-state index in [1.165, 1.54) is 72.8 Å². The minimum atomic E-state index is -7.09. The molecule has 10 heteroatoms. The summed E-state index contributed by atoms with van der Waals surface area (Å²) in [6.45, 7) is 0. The van der Waals surface area contributed by atoms with E-state index in [2.05, 4.69) is 72.8 Å². The maximum atomic E-state index is 15.6. The predicted octanol–water partition coefficient (Wildman–Crippen LogP) is 7.73. The third-order valence-corrected chi connectivity index (χ3v) is 53.0. The average Bonchev–Trinajstić information content (AvgIpc) is 3.41. The molecule has 0 fully saturated rings. The van der Waals surface area contributed by atoms with E-state index in [1.54, 1.807) is 0 Å². The number of carbonyl (C=O) groups excluding carboxylic acids is 2.